The lowest BCUT2D eigenvalue weighted by Crippen LogP contribution is -2.49. The van der Waals surface area contributed by atoms with Crippen molar-refractivity contribution in [3.05, 3.63) is 35.9 Å². The summed E-state index contributed by atoms with van der Waals surface area (Å²) in [5, 5.41) is 0. The minimum absolute atomic E-state index is 0.0775. The summed E-state index contributed by atoms with van der Waals surface area (Å²) in [5.74, 6) is -0.191. The monoisotopic (exact) mass is 290 g/mol. The third-order valence-electron chi connectivity index (χ3n) is 3.73. The fourth-order valence-corrected chi connectivity index (χ4v) is 2.66. The predicted octanol–water partition coefficient (Wildman–Crippen LogP) is 2.53. The summed E-state index contributed by atoms with van der Waals surface area (Å²) in [6.45, 7) is 7.36. The van der Waals surface area contributed by atoms with E-state index < -0.39 is 5.60 Å². The molecule has 0 radical (unpaired) electrons. The van der Waals surface area contributed by atoms with Gasteiger partial charge in [-0.1, -0.05) is 30.3 Å². The number of carbonyl (C=O) groups is 1. The van der Waals surface area contributed by atoms with Crippen LogP contribution in [0, 0.1) is 5.92 Å². The number of piperidine rings is 1. The van der Waals surface area contributed by atoms with Crippen molar-refractivity contribution >= 4 is 5.97 Å². The van der Waals surface area contributed by atoms with Crippen molar-refractivity contribution in [1.82, 2.24) is 4.90 Å². The third-order valence-corrected chi connectivity index (χ3v) is 3.73. The average Bonchev–Trinajstić information content (AvgIpc) is 2.40. The largest absolute Gasteiger partial charge is 0.460 e. The molecular weight excluding hydrogens is 264 g/mol. The number of carbonyl (C=O) groups excluding carboxylic acids is 1. The quantitative estimate of drug-likeness (QED) is 0.869. The van der Waals surface area contributed by atoms with Gasteiger partial charge in [0.2, 0.25) is 0 Å². The molecule has 1 aromatic rings. The van der Waals surface area contributed by atoms with E-state index in [9.17, 15) is 4.79 Å². The van der Waals surface area contributed by atoms with Gasteiger partial charge >= 0.3 is 5.97 Å². The van der Waals surface area contributed by atoms with Crippen molar-refractivity contribution in [2.75, 3.05) is 6.54 Å². The summed E-state index contributed by atoms with van der Waals surface area (Å²) < 4.78 is 5.47. The Morgan fingerprint density at radius 1 is 1.33 bits per heavy atom. The van der Waals surface area contributed by atoms with E-state index in [1.165, 1.54) is 5.56 Å². The Kier molecular flexibility index (Phi) is 5.01. The van der Waals surface area contributed by atoms with Crippen LogP contribution in [0.15, 0.2) is 30.3 Å². The van der Waals surface area contributed by atoms with Crippen molar-refractivity contribution in [2.24, 2.45) is 11.7 Å². The third kappa shape index (κ3) is 4.83. The maximum absolute atomic E-state index is 12.1. The molecule has 2 atom stereocenters. The van der Waals surface area contributed by atoms with Crippen LogP contribution in [-0.4, -0.2) is 29.2 Å². The lowest BCUT2D eigenvalue weighted by atomic mass is 9.94. The van der Waals surface area contributed by atoms with Gasteiger partial charge in [-0.3, -0.25) is 9.69 Å². The zero-order chi connectivity index (χ0) is 15.5. The van der Waals surface area contributed by atoms with Crippen LogP contribution in [0.2, 0.25) is 0 Å². The number of ether oxygens (including phenoxy) is 1. The fourth-order valence-electron chi connectivity index (χ4n) is 2.66. The van der Waals surface area contributed by atoms with Gasteiger partial charge in [-0.2, -0.15) is 0 Å². The van der Waals surface area contributed by atoms with Crippen LogP contribution in [0.4, 0.5) is 0 Å². The number of nitrogens with zero attached hydrogens (tertiary/aromatic N) is 1. The molecule has 0 saturated carbocycles. The lowest BCUT2D eigenvalue weighted by molar-refractivity contribution is -0.162. The van der Waals surface area contributed by atoms with Gasteiger partial charge in [0.05, 0.1) is 12.1 Å². The standard InChI is InChI=1S/C17H26N2O2/c1-17(2,3)21-16(20)14-9-10-19(15(18)11-14)12-13-7-5-4-6-8-13/h4-8,14-15H,9-12,18H2,1-3H3. The molecule has 2 N–H and O–H groups in total. The molecule has 4 nitrogen and oxygen atoms in total. The van der Waals surface area contributed by atoms with E-state index in [-0.39, 0.29) is 18.1 Å². The molecule has 2 rings (SSSR count). The maximum atomic E-state index is 12.1. The second kappa shape index (κ2) is 6.58. The molecule has 0 aromatic heterocycles. The van der Waals surface area contributed by atoms with E-state index in [4.69, 9.17) is 10.5 Å². The van der Waals surface area contributed by atoms with Crippen LogP contribution < -0.4 is 5.73 Å². The second-order valence-corrected chi connectivity index (χ2v) is 6.78. The highest BCUT2D eigenvalue weighted by Gasteiger charge is 2.32. The summed E-state index contributed by atoms with van der Waals surface area (Å²) >= 11 is 0. The van der Waals surface area contributed by atoms with Gasteiger partial charge in [0.15, 0.2) is 0 Å². The summed E-state index contributed by atoms with van der Waals surface area (Å²) in [4.78, 5) is 14.4. The van der Waals surface area contributed by atoms with Crippen molar-refractivity contribution in [3.63, 3.8) is 0 Å². The zero-order valence-electron chi connectivity index (χ0n) is 13.2. The van der Waals surface area contributed by atoms with Crippen molar-refractivity contribution in [2.45, 2.75) is 51.9 Å². The summed E-state index contributed by atoms with van der Waals surface area (Å²) in [7, 11) is 0. The van der Waals surface area contributed by atoms with Crippen LogP contribution in [-0.2, 0) is 16.1 Å². The highest BCUT2D eigenvalue weighted by atomic mass is 16.6. The Balaban J connectivity index is 1.89. The molecular formula is C17H26N2O2. The van der Waals surface area contributed by atoms with E-state index in [1.54, 1.807) is 0 Å². The Morgan fingerprint density at radius 3 is 2.57 bits per heavy atom. The average molecular weight is 290 g/mol. The van der Waals surface area contributed by atoms with E-state index in [1.807, 2.05) is 39.0 Å². The predicted molar refractivity (Wildman–Crippen MR) is 83.4 cm³/mol. The normalized spacial score (nSPS) is 23.8. The minimum atomic E-state index is -0.428. The lowest BCUT2D eigenvalue weighted by Gasteiger charge is -2.37. The van der Waals surface area contributed by atoms with Crippen molar-refractivity contribution < 1.29 is 9.53 Å². The van der Waals surface area contributed by atoms with Gasteiger partial charge in [-0.05, 0) is 39.2 Å². The molecule has 0 spiro atoms. The first-order valence-corrected chi connectivity index (χ1v) is 7.61. The van der Waals surface area contributed by atoms with Crippen LogP contribution >= 0.6 is 0 Å². The molecule has 0 amide bonds. The Hall–Kier alpha value is -1.39. The molecule has 2 unspecified atom stereocenters. The Morgan fingerprint density at radius 2 is 2.00 bits per heavy atom. The van der Waals surface area contributed by atoms with Crippen LogP contribution in [0.5, 0.6) is 0 Å². The smallest absolute Gasteiger partial charge is 0.309 e. The summed E-state index contributed by atoms with van der Waals surface area (Å²) in [5.41, 5.74) is 7.06. The number of esters is 1. The summed E-state index contributed by atoms with van der Waals surface area (Å²) in [6, 6.07) is 10.3. The molecule has 0 bridgehead atoms. The zero-order valence-corrected chi connectivity index (χ0v) is 13.2. The number of hydrogen-bond acceptors (Lipinski definition) is 4. The molecule has 1 aliphatic rings. The van der Waals surface area contributed by atoms with Gasteiger partial charge in [-0.15, -0.1) is 0 Å². The van der Waals surface area contributed by atoms with Crippen LogP contribution in [0.1, 0.15) is 39.2 Å². The molecule has 116 valence electrons. The second-order valence-electron chi connectivity index (χ2n) is 6.78. The maximum Gasteiger partial charge on any atom is 0.309 e. The number of benzene rings is 1. The van der Waals surface area contributed by atoms with Crippen LogP contribution in [0.3, 0.4) is 0 Å². The molecule has 21 heavy (non-hydrogen) atoms. The SMILES string of the molecule is CC(C)(C)OC(=O)C1CCN(Cc2ccccc2)C(N)C1. The van der Waals surface area contributed by atoms with Crippen molar-refractivity contribution in [1.29, 1.82) is 0 Å². The molecule has 1 heterocycles. The molecule has 1 aliphatic heterocycles. The highest BCUT2D eigenvalue weighted by Crippen LogP contribution is 2.25. The first kappa shape index (κ1) is 16.0. The van der Waals surface area contributed by atoms with Gasteiger partial charge in [-0.25, -0.2) is 0 Å². The number of rotatable bonds is 3. The Labute approximate surface area is 127 Å². The summed E-state index contributed by atoms with van der Waals surface area (Å²) in [6.07, 6.45) is 1.40. The fraction of sp³-hybridized carbons (Fsp3) is 0.588. The van der Waals surface area contributed by atoms with E-state index in [2.05, 4.69) is 17.0 Å². The topological polar surface area (TPSA) is 55.6 Å². The number of nitrogens with two attached hydrogens (primary N) is 1. The molecule has 1 fully saturated rings. The van der Waals surface area contributed by atoms with Crippen LogP contribution in [0.25, 0.3) is 0 Å². The molecule has 1 aromatic carbocycles. The van der Waals surface area contributed by atoms with Gasteiger partial charge < -0.3 is 10.5 Å². The minimum Gasteiger partial charge on any atom is -0.460 e. The van der Waals surface area contributed by atoms with Gasteiger partial charge in [0.25, 0.3) is 0 Å². The van der Waals surface area contributed by atoms with Gasteiger partial charge in [0.1, 0.15) is 5.60 Å². The molecule has 4 heteroatoms. The first-order valence-electron chi connectivity index (χ1n) is 7.61. The first-order chi connectivity index (χ1) is 9.85. The van der Waals surface area contributed by atoms with E-state index in [0.717, 1.165) is 19.5 Å². The Bertz CT molecular complexity index is 467. The highest BCUT2D eigenvalue weighted by molar-refractivity contribution is 5.73. The van der Waals surface area contributed by atoms with Crippen molar-refractivity contribution in [3.8, 4) is 0 Å². The molecule has 0 aliphatic carbocycles. The number of hydrogen-bond donors (Lipinski definition) is 1. The number of likely N-dealkylation sites (tertiary alicyclic amines) is 1. The van der Waals surface area contributed by atoms with Gasteiger partial charge in [0, 0.05) is 13.1 Å². The molecule has 1 saturated heterocycles. The van der Waals surface area contributed by atoms with E-state index >= 15 is 0 Å². The van der Waals surface area contributed by atoms with E-state index in [0.29, 0.717) is 6.42 Å².